The SMILES string of the molecule is CCC(Nc1cc(OC)ccc1OC)c1ccccc1F. The number of hydrogen-bond donors (Lipinski definition) is 1. The number of halogens is 1. The molecule has 1 unspecified atom stereocenters. The summed E-state index contributed by atoms with van der Waals surface area (Å²) in [5, 5.41) is 3.34. The van der Waals surface area contributed by atoms with E-state index in [9.17, 15) is 4.39 Å². The molecule has 0 fully saturated rings. The summed E-state index contributed by atoms with van der Waals surface area (Å²) in [4.78, 5) is 0. The van der Waals surface area contributed by atoms with E-state index >= 15 is 0 Å². The number of methoxy groups -OCH3 is 2. The lowest BCUT2D eigenvalue weighted by Crippen LogP contribution is -2.12. The largest absolute Gasteiger partial charge is 0.497 e. The Balaban J connectivity index is 2.32. The van der Waals surface area contributed by atoms with Crippen molar-refractivity contribution in [3.05, 3.63) is 53.8 Å². The predicted octanol–water partition coefficient (Wildman–Crippen LogP) is 4.41. The van der Waals surface area contributed by atoms with Gasteiger partial charge in [-0.25, -0.2) is 4.39 Å². The van der Waals surface area contributed by atoms with Crippen LogP contribution in [0.1, 0.15) is 24.9 Å². The summed E-state index contributed by atoms with van der Waals surface area (Å²) in [6, 6.07) is 12.2. The molecule has 0 aliphatic rings. The summed E-state index contributed by atoms with van der Waals surface area (Å²) in [6.45, 7) is 2.01. The molecule has 0 radical (unpaired) electrons. The van der Waals surface area contributed by atoms with Crippen LogP contribution in [0.2, 0.25) is 0 Å². The fraction of sp³-hybridized carbons (Fsp3) is 0.294. The van der Waals surface area contributed by atoms with Gasteiger partial charge in [0.1, 0.15) is 17.3 Å². The highest BCUT2D eigenvalue weighted by atomic mass is 19.1. The number of rotatable bonds is 6. The molecule has 0 saturated carbocycles. The first kappa shape index (κ1) is 15.2. The monoisotopic (exact) mass is 289 g/mol. The third-order valence-corrected chi connectivity index (χ3v) is 3.43. The van der Waals surface area contributed by atoms with Crippen LogP contribution < -0.4 is 14.8 Å². The zero-order valence-electron chi connectivity index (χ0n) is 12.5. The second-order valence-electron chi connectivity index (χ2n) is 4.69. The molecule has 112 valence electrons. The minimum absolute atomic E-state index is 0.132. The lowest BCUT2D eigenvalue weighted by molar-refractivity contribution is 0.404. The second-order valence-corrected chi connectivity index (χ2v) is 4.69. The van der Waals surface area contributed by atoms with E-state index in [1.807, 2.05) is 31.2 Å². The van der Waals surface area contributed by atoms with Gasteiger partial charge in [-0.2, -0.15) is 0 Å². The van der Waals surface area contributed by atoms with Crippen LogP contribution >= 0.6 is 0 Å². The molecule has 4 heteroatoms. The van der Waals surface area contributed by atoms with E-state index in [-0.39, 0.29) is 11.9 Å². The molecule has 1 N–H and O–H groups in total. The van der Waals surface area contributed by atoms with Crippen LogP contribution in [-0.4, -0.2) is 14.2 Å². The Hall–Kier alpha value is -2.23. The molecule has 2 aromatic rings. The van der Waals surface area contributed by atoms with E-state index < -0.39 is 0 Å². The fourth-order valence-corrected chi connectivity index (χ4v) is 2.27. The Kier molecular flexibility index (Phi) is 5.04. The average molecular weight is 289 g/mol. The quantitative estimate of drug-likeness (QED) is 0.854. The van der Waals surface area contributed by atoms with Crippen molar-refractivity contribution in [2.45, 2.75) is 19.4 Å². The number of nitrogens with one attached hydrogen (secondary N) is 1. The highest BCUT2D eigenvalue weighted by molar-refractivity contribution is 5.60. The topological polar surface area (TPSA) is 30.5 Å². The van der Waals surface area contributed by atoms with Gasteiger partial charge in [-0.1, -0.05) is 25.1 Å². The lowest BCUT2D eigenvalue weighted by Gasteiger charge is -2.21. The maximum atomic E-state index is 14.0. The van der Waals surface area contributed by atoms with E-state index in [1.165, 1.54) is 6.07 Å². The molecule has 0 saturated heterocycles. The first-order chi connectivity index (χ1) is 10.2. The summed E-state index contributed by atoms with van der Waals surface area (Å²) in [5.41, 5.74) is 1.43. The van der Waals surface area contributed by atoms with Gasteiger partial charge in [0.2, 0.25) is 0 Å². The van der Waals surface area contributed by atoms with Crippen LogP contribution in [0, 0.1) is 5.82 Å². The van der Waals surface area contributed by atoms with E-state index in [2.05, 4.69) is 5.32 Å². The van der Waals surface area contributed by atoms with Gasteiger partial charge in [-0.15, -0.1) is 0 Å². The van der Waals surface area contributed by atoms with Gasteiger partial charge in [-0.3, -0.25) is 0 Å². The summed E-state index contributed by atoms with van der Waals surface area (Å²) in [7, 11) is 3.22. The van der Waals surface area contributed by atoms with Crippen molar-refractivity contribution >= 4 is 5.69 Å². The normalized spacial score (nSPS) is 11.8. The molecule has 0 amide bonds. The first-order valence-electron chi connectivity index (χ1n) is 6.92. The Bertz CT molecular complexity index is 601. The van der Waals surface area contributed by atoms with Crippen molar-refractivity contribution in [2.75, 3.05) is 19.5 Å². The van der Waals surface area contributed by atoms with E-state index in [4.69, 9.17) is 9.47 Å². The zero-order chi connectivity index (χ0) is 15.2. The van der Waals surface area contributed by atoms with Gasteiger partial charge in [-0.05, 0) is 24.6 Å². The molecular formula is C17H20FNO2. The summed E-state index contributed by atoms with van der Waals surface area (Å²) in [5.74, 6) is 1.21. The minimum atomic E-state index is -0.210. The maximum absolute atomic E-state index is 14.0. The smallest absolute Gasteiger partial charge is 0.142 e. The summed E-state index contributed by atoms with van der Waals surface area (Å²) >= 11 is 0. The number of benzene rings is 2. The van der Waals surface area contributed by atoms with Crippen LogP contribution in [0.15, 0.2) is 42.5 Å². The molecule has 0 spiro atoms. The summed E-state index contributed by atoms with van der Waals surface area (Å²) in [6.07, 6.45) is 0.751. The molecule has 0 aliphatic carbocycles. The maximum Gasteiger partial charge on any atom is 0.142 e. The molecule has 21 heavy (non-hydrogen) atoms. The van der Waals surface area contributed by atoms with Crippen LogP contribution in [0.4, 0.5) is 10.1 Å². The molecule has 0 aromatic heterocycles. The van der Waals surface area contributed by atoms with Gasteiger partial charge in [0, 0.05) is 11.6 Å². The van der Waals surface area contributed by atoms with Crippen LogP contribution in [0.3, 0.4) is 0 Å². The number of hydrogen-bond acceptors (Lipinski definition) is 3. The number of ether oxygens (including phenoxy) is 2. The van der Waals surface area contributed by atoms with Crippen molar-refractivity contribution in [1.29, 1.82) is 0 Å². The lowest BCUT2D eigenvalue weighted by atomic mass is 10.0. The standard InChI is InChI=1S/C17H20FNO2/c1-4-15(13-7-5-6-8-14(13)18)19-16-11-12(20-2)9-10-17(16)21-3/h5-11,15,19H,4H2,1-3H3. The average Bonchev–Trinajstić information content (AvgIpc) is 2.53. The van der Waals surface area contributed by atoms with Crippen molar-refractivity contribution in [3.8, 4) is 11.5 Å². The molecule has 2 rings (SSSR count). The molecule has 2 aromatic carbocycles. The molecule has 0 heterocycles. The highest BCUT2D eigenvalue weighted by Gasteiger charge is 2.15. The highest BCUT2D eigenvalue weighted by Crippen LogP contribution is 2.33. The van der Waals surface area contributed by atoms with E-state index in [1.54, 1.807) is 26.4 Å². The molecule has 1 atom stereocenters. The summed E-state index contributed by atoms with van der Waals surface area (Å²) < 4.78 is 24.5. The van der Waals surface area contributed by atoms with Gasteiger partial charge in [0.05, 0.1) is 25.9 Å². The predicted molar refractivity (Wildman–Crippen MR) is 82.6 cm³/mol. The third kappa shape index (κ3) is 3.45. The van der Waals surface area contributed by atoms with Crippen molar-refractivity contribution in [2.24, 2.45) is 0 Å². The van der Waals surface area contributed by atoms with Gasteiger partial charge in [0.15, 0.2) is 0 Å². The van der Waals surface area contributed by atoms with Gasteiger partial charge in [0.25, 0.3) is 0 Å². The fourth-order valence-electron chi connectivity index (χ4n) is 2.27. The van der Waals surface area contributed by atoms with Crippen molar-refractivity contribution in [1.82, 2.24) is 0 Å². The third-order valence-electron chi connectivity index (χ3n) is 3.43. The van der Waals surface area contributed by atoms with Crippen LogP contribution in [0.5, 0.6) is 11.5 Å². The molecule has 0 bridgehead atoms. The van der Waals surface area contributed by atoms with E-state index in [0.717, 1.165) is 17.9 Å². The van der Waals surface area contributed by atoms with Gasteiger partial charge < -0.3 is 14.8 Å². The second kappa shape index (κ2) is 6.97. The van der Waals surface area contributed by atoms with Crippen molar-refractivity contribution in [3.63, 3.8) is 0 Å². The molecular weight excluding hydrogens is 269 g/mol. The number of anilines is 1. The first-order valence-corrected chi connectivity index (χ1v) is 6.92. The minimum Gasteiger partial charge on any atom is -0.497 e. The van der Waals surface area contributed by atoms with Gasteiger partial charge >= 0.3 is 0 Å². The Morgan fingerprint density at radius 3 is 2.48 bits per heavy atom. The molecule has 3 nitrogen and oxygen atoms in total. The van der Waals surface area contributed by atoms with Crippen LogP contribution in [0.25, 0.3) is 0 Å². The Morgan fingerprint density at radius 2 is 1.86 bits per heavy atom. The van der Waals surface area contributed by atoms with Crippen molar-refractivity contribution < 1.29 is 13.9 Å². The zero-order valence-corrected chi connectivity index (χ0v) is 12.5. The Morgan fingerprint density at radius 1 is 1.10 bits per heavy atom. The Labute approximate surface area is 124 Å². The molecule has 0 aliphatic heterocycles. The van der Waals surface area contributed by atoms with E-state index in [0.29, 0.717) is 11.3 Å². The van der Waals surface area contributed by atoms with Crippen LogP contribution in [-0.2, 0) is 0 Å².